The molecule has 1 nitrogen and oxygen atoms in total. The van der Waals surface area contributed by atoms with Crippen LogP contribution in [0.25, 0.3) is 0 Å². The molecular weight excluding hydrogens is 287 g/mol. The maximum Gasteiger partial charge on any atom is 0.307 e. The van der Waals surface area contributed by atoms with Crippen LogP contribution < -0.4 is 9.61 Å². The lowest BCUT2D eigenvalue weighted by atomic mass is 10.2. The first-order chi connectivity index (χ1) is 7.63. The molecule has 0 saturated carbocycles. The van der Waals surface area contributed by atoms with E-state index in [0.717, 1.165) is 10.9 Å². The van der Waals surface area contributed by atoms with Crippen LogP contribution in [0.2, 0.25) is 18.1 Å². The van der Waals surface area contributed by atoms with E-state index < -0.39 is 15.7 Å². The van der Waals surface area contributed by atoms with Crippen LogP contribution in [0.1, 0.15) is 20.8 Å². The van der Waals surface area contributed by atoms with Gasteiger partial charge in [0.25, 0.3) is 0 Å². The minimum atomic E-state index is -1.78. The Balaban J connectivity index is 2.92. The van der Waals surface area contributed by atoms with Gasteiger partial charge in [-0.05, 0) is 35.5 Å². The Hall–Kier alpha value is 0.0338. The predicted octanol–water partition coefficient (Wildman–Crippen LogP) is 4.24. The van der Waals surface area contributed by atoms with Crippen molar-refractivity contribution in [3.8, 4) is 5.75 Å². The zero-order valence-electron chi connectivity index (χ0n) is 11.0. The zero-order chi connectivity index (χ0) is 13.3. The molecule has 0 aliphatic heterocycles. The number of benzene rings is 1. The molecule has 0 heterocycles. The van der Waals surface area contributed by atoms with Gasteiger partial charge >= 0.3 is 7.42 Å². The molecule has 0 spiro atoms. The van der Waals surface area contributed by atoms with Crippen LogP contribution in [-0.2, 0) is 0 Å². The Morgan fingerprint density at radius 1 is 1.18 bits per heavy atom. The Kier molecular flexibility index (Phi) is 4.75. The smallest absolute Gasteiger partial charge is 0.307 e. The molecule has 5 heteroatoms. The van der Waals surface area contributed by atoms with E-state index in [1.165, 1.54) is 0 Å². The largest absolute Gasteiger partial charge is 0.544 e. The SMILES string of the molecule is CC(C)(C)[Si](C)(C)Oc1cccc([Si](Cl)Cl)c1. The monoisotopic (exact) mass is 305 g/mol. The van der Waals surface area contributed by atoms with Crippen molar-refractivity contribution < 1.29 is 4.43 Å². The maximum atomic E-state index is 6.19. The molecule has 1 radical (unpaired) electrons. The van der Waals surface area contributed by atoms with Crippen molar-refractivity contribution in [2.45, 2.75) is 38.9 Å². The molecule has 0 aliphatic carbocycles. The molecule has 0 aromatic heterocycles. The average molecular weight is 306 g/mol. The highest BCUT2D eigenvalue weighted by molar-refractivity contribution is 7.39. The average Bonchev–Trinajstić information content (AvgIpc) is 2.15. The lowest BCUT2D eigenvalue weighted by Crippen LogP contribution is -2.44. The van der Waals surface area contributed by atoms with Gasteiger partial charge in [-0.15, -0.1) is 22.2 Å². The van der Waals surface area contributed by atoms with Gasteiger partial charge in [0.05, 0.1) is 0 Å². The molecule has 0 N–H and O–H groups in total. The summed E-state index contributed by atoms with van der Waals surface area (Å²) in [6, 6.07) is 7.84. The molecule has 0 unspecified atom stereocenters. The Labute approximate surface area is 116 Å². The summed E-state index contributed by atoms with van der Waals surface area (Å²) in [6.45, 7) is 11.1. The van der Waals surface area contributed by atoms with E-state index in [4.69, 9.17) is 26.6 Å². The van der Waals surface area contributed by atoms with Crippen LogP contribution in [0.4, 0.5) is 0 Å². The summed E-state index contributed by atoms with van der Waals surface area (Å²) in [5, 5.41) is 1.17. The number of rotatable bonds is 3. The second-order valence-corrected chi connectivity index (χ2v) is 14.3. The summed E-state index contributed by atoms with van der Waals surface area (Å²) in [5.41, 5.74) is 0. The normalized spacial score (nSPS) is 12.9. The van der Waals surface area contributed by atoms with Gasteiger partial charge in [-0.3, -0.25) is 0 Å². The fourth-order valence-corrected chi connectivity index (χ4v) is 3.33. The molecular formula is C12H19Cl2OSi2. The molecule has 1 rings (SSSR count). The summed E-state index contributed by atoms with van der Waals surface area (Å²) in [7, 11) is -3.22. The lowest BCUT2D eigenvalue weighted by Gasteiger charge is -2.36. The highest BCUT2D eigenvalue weighted by Gasteiger charge is 2.38. The molecule has 0 aliphatic rings. The quantitative estimate of drug-likeness (QED) is 0.599. The molecule has 0 bridgehead atoms. The van der Waals surface area contributed by atoms with Gasteiger partial charge < -0.3 is 4.43 Å². The van der Waals surface area contributed by atoms with Gasteiger partial charge in [-0.25, -0.2) is 0 Å². The van der Waals surface area contributed by atoms with Gasteiger partial charge in [-0.2, -0.15) is 0 Å². The van der Waals surface area contributed by atoms with Crippen LogP contribution in [-0.4, -0.2) is 15.7 Å². The first kappa shape index (κ1) is 15.1. The molecule has 0 saturated heterocycles. The summed E-state index contributed by atoms with van der Waals surface area (Å²) in [4.78, 5) is 0. The van der Waals surface area contributed by atoms with Crippen molar-refractivity contribution in [1.82, 2.24) is 0 Å². The third-order valence-corrected chi connectivity index (χ3v) is 9.65. The zero-order valence-corrected chi connectivity index (χ0v) is 14.5. The van der Waals surface area contributed by atoms with Gasteiger partial charge in [0.2, 0.25) is 8.32 Å². The molecule has 95 valence electrons. The van der Waals surface area contributed by atoms with E-state index in [2.05, 4.69) is 33.9 Å². The van der Waals surface area contributed by atoms with Crippen molar-refractivity contribution in [2.75, 3.05) is 0 Å². The van der Waals surface area contributed by atoms with Crippen molar-refractivity contribution in [2.24, 2.45) is 0 Å². The first-order valence-electron chi connectivity index (χ1n) is 5.61. The van der Waals surface area contributed by atoms with E-state index in [-0.39, 0.29) is 5.04 Å². The molecule has 0 atom stereocenters. The predicted molar refractivity (Wildman–Crippen MR) is 81.4 cm³/mol. The van der Waals surface area contributed by atoms with E-state index in [9.17, 15) is 0 Å². The molecule has 1 aromatic carbocycles. The van der Waals surface area contributed by atoms with Gasteiger partial charge in [-0.1, -0.05) is 32.9 Å². The van der Waals surface area contributed by atoms with Crippen LogP contribution in [0.15, 0.2) is 24.3 Å². The van der Waals surface area contributed by atoms with E-state index in [0.29, 0.717) is 0 Å². The third kappa shape index (κ3) is 4.02. The minimum absolute atomic E-state index is 0.193. The third-order valence-electron chi connectivity index (χ3n) is 3.23. The van der Waals surface area contributed by atoms with Crippen molar-refractivity contribution in [3.63, 3.8) is 0 Å². The Bertz CT molecular complexity index is 386. The van der Waals surface area contributed by atoms with Crippen LogP contribution in [0, 0.1) is 0 Å². The molecule has 0 fully saturated rings. The van der Waals surface area contributed by atoms with Crippen molar-refractivity contribution in [1.29, 1.82) is 0 Å². The first-order valence-corrected chi connectivity index (χ1v) is 12.0. The topological polar surface area (TPSA) is 9.23 Å². The van der Waals surface area contributed by atoms with Crippen molar-refractivity contribution >= 4 is 43.1 Å². The Morgan fingerprint density at radius 2 is 1.76 bits per heavy atom. The van der Waals surface area contributed by atoms with E-state index >= 15 is 0 Å². The van der Waals surface area contributed by atoms with Gasteiger partial charge in [0.15, 0.2) is 0 Å². The second-order valence-electron chi connectivity index (χ2n) is 5.65. The van der Waals surface area contributed by atoms with Gasteiger partial charge in [0, 0.05) is 0 Å². The highest BCUT2D eigenvalue weighted by Crippen LogP contribution is 2.37. The fourth-order valence-electron chi connectivity index (χ4n) is 1.12. The summed E-state index contributed by atoms with van der Waals surface area (Å²) < 4.78 is 6.19. The second kappa shape index (κ2) is 5.35. The highest BCUT2D eigenvalue weighted by atomic mass is 35.7. The summed E-state index contributed by atoms with van der Waals surface area (Å²) in [5.74, 6) is 0.887. The Morgan fingerprint density at radius 3 is 2.24 bits per heavy atom. The van der Waals surface area contributed by atoms with Crippen molar-refractivity contribution in [3.05, 3.63) is 24.3 Å². The maximum absolute atomic E-state index is 6.19. The number of hydrogen-bond donors (Lipinski definition) is 0. The van der Waals surface area contributed by atoms with Crippen LogP contribution >= 0.6 is 22.2 Å². The van der Waals surface area contributed by atoms with Crippen LogP contribution in [0.5, 0.6) is 5.75 Å². The summed E-state index contributed by atoms with van der Waals surface area (Å²) >= 11 is 11.9. The van der Waals surface area contributed by atoms with Gasteiger partial charge in [0.1, 0.15) is 5.75 Å². The molecule has 0 amide bonds. The summed E-state index contributed by atoms with van der Waals surface area (Å²) in [6.07, 6.45) is 0. The van der Waals surface area contributed by atoms with E-state index in [1.807, 2.05) is 24.3 Å². The standard InChI is InChI=1S/C12H19Cl2OSi2/c1-12(2,3)17(4,5)15-10-7-6-8-11(9-10)16(13)14/h6-9H,1-5H3. The number of halogens is 2. The molecule has 1 aromatic rings. The van der Waals surface area contributed by atoms with Crippen LogP contribution in [0.3, 0.4) is 0 Å². The lowest BCUT2D eigenvalue weighted by molar-refractivity contribution is 0.492. The molecule has 17 heavy (non-hydrogen) atoms. The fraction of sp³-hybridized carbons (Fsp3) is 0.500. The number of hydrogen-bond acceptors (Lipinski definition) is 1. The van der Waals surface area contributed by atoms with E-state index in [1.54, 1.807) is 0 Å². The minimum Gasteiger partial charge on any atom is -0.544 e.